The van der Waals surface area contributed by atoms with Gasteiger partial charge in [-0.15, -0.1) is 11.3 Å². The highest BCUT2D eigenvalue weighted by Gasteiger charge is 2.18. The van der Waals surface area contributed by atoms with Crippen LogP contribution >= 0.6 is 11.3 Å². The van der Waals surface area contributed by atoms with Gasteiger partial charge in [0.15, 0.2) is 0 Å². The van der Waals surface area contributed by atoms with Crippen LogP contribution < -0.4 is 5.32 Å². The number of aromatic carboxylic acids is 1. The Balaban J connectivity index is 1.51. The van der Waals surface area contributed by atoms with Gasteiger partial charge < -0.3 is 10.4 Å². The lowest BCUT2D eigenvalue weighted by Crippen LogP contribution is -2.26. The number of carbonyl (C=O) groups is 2. The molecule has 2 N–H and O–H groups in total. The summed E-state index contributed by atoms with van der Waals surface area (Å²) in [6.07, 6.45) is 8.38. The molecule has 1 aliphatic rings. The molecule has 0 unspecified atom stereocenters. The number of nitrogens with zero attached hydrogens (tertiary/aromatic N) is 2. The highest BCUT2D eigenvalue weighted by atomic mass is 32.1. The third-order valence-corrected chi connectivity index (χ3v) is 5.39. The van der Waals surface area contributed by atoms with Crippen LogP contribution in [0.4, 0.5) is 0 Å². The van der Waals surface area contributed by atoms with Crippen molar-refractivity contribution >= 4 is 23.2 Å². The van der Waals surface area contributed by atoms with E-state index < -0.39 is 5.97 Å². The third kappa shape index (κ3) is 4.63. The average Bonchev–Trinajstić information content (AvgIpc) is 3.11. The zero-order chi connectivity index (χ0) is 17.6. The van der Waals surface area contributed by atoms with Crippen molar-refractivity contribution in [1.82, 2.24) is 15.3 Å². The lowest BCUT2D eigenvalue weighted by atomic mass is 9.87. The van der Waals surface area contributed by atoms with Crippen LogP contribution in [0, 0.1) is 0 Å². The van der Waals surface area contributed by atoms with Crippen LogP contribution in [0.5, 0.6) is 0 Å². The number of aromatic nitrogens is 2. The number of rotatable bonds is 6. The predicted molar refractivity (Wildman–Crippen MR) is 95.2 cm³/mol. The van der Waals surface area contributed by atoms with Crippen LogP contribution in [0.15, 0.2) is 23.7 Å². The maximum absolute atomic E-state index is 12.1. The van der Waals surface area contributed by atoms with Crippen molar-refractivity contribution in [3.63, 3.8) is 0 Å². The van der Waals surface area contributed by atoms with E-state index in [0.29, 0.717) is 24.4 Å². The first-order chi connectivity index (χ1) is 12.1. The molecule has 1 fully saturated rings. The predicted octanol–water partition coefficient (Wildman–Crippen LogP) is 3.26. The monoisotopic (exact) mass is 359 g/mol. The normalized spacial score (nSPS) is 15.0. The van der Waals surface area contributed by atoms with Crippen molar-refractivity contribution < 1.29 is 14.7 Å². The summed E-state index contributed by atoms with van der Waals surface area (Å²) >= 11 is 1.65. The second-order valence-corrected chi connectivity index (χ2v) is 7.18. The zero-order valence-electron chi connectivity index (χ0n) is 13.9. The summed E-state index contributed by atoms with van der Waals surface area (Å²) in [5.74, 6) is -0.846. The van der Waals surface area contributed by atoms with Crippen molar-refractivity contribution in [1.29, 1.82) is 0 Å². The number of thiazole rings is 1. The maximum atomic E-state index is 12.1. The van der Waals surface area contributed by atoms with Crippen LogP contribution in [0.1, 0.15) is 69.6 Å². The summed E-state index contributed by atoms with van der Waals surface area (Å²) in [5, 5.41) is 14.9. The highest BCUT2D eigenvalue weighted by molar-refractivity contribution is 7.09. The Hall–Kier alpha value is -2.28. The second-order valence-electron chi connectivity index (χ2n) is 6.24. The van der Waals surface area contributed by atoms with E-state index in [1.807, 2.05) is 0 Å². The van der Waals surface area contributed by atoms with Gasteiger partial charge in [-0.3, -0.25) is 4.79 Å². The molecule has 0 radical (unpaired) electrons. The number of hydrogen-bond donors (Lipinski definition) is 2. The lowest BCUT2D eigenvalue weighted by molar-refractivity contribution is 0.0690. The summed E-state index contributed by atoms with van der Waals surface area (Å²) in [6, 6.07) is 2.79. The van der Waals surface area contributed by atoms with Gasteiger partial charge in [0, 0.05) is 36.0 Å². The van der Waals surface area contributed by atoms with E-state index in [1.165, 1.54) is 56.1 Å². The van der Waals surface area contributed by atoms with E-state index in [-0.39, 0.29) is 11.6 Å². The Morgan fingerprint density at radius 1 is 1.28 bits per heavy atom. The molecular formula is C18H21N3O3S. The van der Waals surface area contributed by atoms with Crippen molar-refractivity contribution in [2.24, 2.45) is 0 Å². The Bertz CT molecular complexity index is 754. The van der Waals surface area contributed by atoms with Crippen LogP contribution in [0.2, 0.25) is 0 Å². The zero-order valence-corrected chi connectivity index (χ0v) is 14.7. The van der Waals surface area contributed by atoms with Gasteiger partial charge in [0.2, 0.25) is 0 Å². The first-order valence-corrected chi connectivity index (χ1v) is 9.43. The Morgan fingerprint density at radius 2 is 2.08 bits per heavy atom. The minimum atomic E-state index is -1.15. The molecule has 2 aromatic heterocycles. The largest absolute Gasteiger partial charge is 0.477 e. The van der Waals surface area contributed by atoms with Gasteiger partial charge in [0.05, 0.1) is 10.7 Å². The number of carboxylic acid groups (broad SMARTS) is 1. The van der Waals surface area contributed by atoms with E-state index in [4.69, 9.17) is 10.1 Å². The molecule has 1 saturated carbocycles. The number of nitrogens with one attached hydrogen (secondary N) is 1. The summed E-state index contributed by atoms with van der Waals surface area (Å²) < 4.78 is 0. The molecule has 2 aromatic rings. The fraction of sp³-hybridized carbons (Fsp3) is 0.444. The third-order valence-electron chi connectivity index (χ3n) is 4.46. The quantitative estimate of drug-likeness (QED) is 0.826. The second kappa shape index (κ2) is 8.20. The molecule has 0 saturated heterocycles. The number of carbonyl (C=O) groups excluding carboxylic acids is 1. The fourth-order valence-electron chi connectivity index (χ4n) is 3.10. The first kappa shape index (κ1) is 17.5. The molecule has 0 spiro atoms. The van der Waals surface area contributed by atoms with Crippen LogP contribution in [-0.4, -0.2) is 33.5 Å². The molecule has 0 bridgehead atoms. The topological polar surface area (TPSA) is 92.2 Å². The van der Waals surface area contributed by atoms with E-state index in [2.05, 4.69) is 15.7 Å². The van der Waals surface area contributed by atoms with Gasteiger partial charge in [-0.1, -0.05) is 19.3 Å². The smallest absolute Gasteiger partial charge is 0.354 e. The minimum Gasteiger partial charge on any atom is -0.477 e. The van der Waals surface area contributed by atoms with Crippen molar-refractivity contribution in [2.75, 3.05) is 6.54 Å². The summed E-state index contributed by atoms with van der Waals surface area (Å²) in [7, 11) is 0. The molecule has 1 aliphatic carbocycles. The molecular weight excluding hydrogens is 338 g/mol. The molecule has 2 heterocycles. The molecule has 25 heavy (non-hydrogen) atoms. The van der Waals surface area contributed by atoms with Crippen molar-refractivity contribution in [3.8, 4) is 0 Å². The van der Waals surface area contributed by atoms with E-state index in [1.54, 1.807) is 11.3 Å². The Kier molecular flexibility index (Phi) is 5.75. The van der Waals surface area contributed by atoms with E-state index in [0.717, 1.165) is 5.01 Å². The van der Waals surface area contributed by atoms with E-state index >= 15 is 0 Å². The van der Waals surface area contributed by atoms with Crippen LogP contribution in [0.25, 0.3) is 0 Å². The number of hydrogen-bond acceptors (Lipinski definition) is 5. The molecule has 0 aromatic carbocycles. The number of amides is 1. The van der Waals surface area contributed by atoms with Crippen molar-refractivity contribution in [3.05, 3.63) is 45.7 Å². The molecule has 0 aliphatic heterocycles. The number of pyridine rings is 1. The van der Waals surface area contributed by atoms with Gasteiger partial charge in [-0.2, -0.15) is 0 Å². The molecule has 132 valence electrons. The van der Waals surface area contributed by atoms with Crippen LogP contribution in [-0.2, 0) is 6.42 Å². The fourth-order valence-corrected chi connectivity index (χ4v) is 3.98. The SMILES string of the molecule is O=C(NCCc1nc(C2CCCCC2)cs1)c1ccnc(C(=O)O)c1. The molecule has 6 nitrogen and oxygen atoms in total. The first-order valence-electron chi connectivity index (χ1n) is 8.55. The Labute approximate surface area is 150 Å². The molecule has 1 amide bonds. The van der Waals surface area contributed by atoms with Gasteiger partial charge >= 0.3 is 5.97 Å². The molecule has 0 atom stereocenters. The van der Waals surface area contributed by atoms with E-state index in [9.17, 15) is 9.59 Å². The molecule has 3 rings (SSSR count). The lowest BCUT2D eigenvalue weighted by Gasteiger charge is -2.19. The van der Waals surface area contributed by atoms with Crippen LogP contribution in [0.3, 0.4) is 0 Å². The minimum absolute atomic E-state index is 0.135. The highest BCUT2D eigenvalue weighted by Crippen LogP contribution is 2.33. The number of carboxylic acids is 1. The average molecular weight is 359 g/mol. The Morgan fingerprint density at radius 3 is 2.84 bits per heavy atom. The van der Waals surface area contributed by atoms with Gasteiger partial charge in [0.1, 0.15) is 5.69 Å². The summed E-state index contributed by atoms with van der Waals surface area (Å²) in [4.78, 5) is 31.4. The van der Waals surface area contributed by atoms with Gasteiger partial charge in [0.25, 0.3) is 5.91 Å². The molecule has 7 heteroatoms. The van der Waals surface area contributed by atoms with Gasteiger partial charge in [-0.25, -0.2) is 14.8 Å². The van der Waals surface area contributed by atoms with Gasteiger partial charge in [-0.05, 0) is 25.0 Å². The maximum Gasteiger partial charge on any atom is 0.354 e. The summed E-state index contributed by atoms with van der Waals surface area (Å²) in [6.45, 7) is 0.473. The summed E-state index contributed by atoms with van der Waals surface area (Å²) in [5.41, 5.74) is 1.37. The standard InChI is InChI=1S/C18H21N3O3S/c22-17(13-6-8-19-14(10-13)18(23)24)20-9-7-16-21-15(11-25-16)12-4-2-1-3-5-12/h6,8,10-12H,1-5,7,9H2,(H,20,22)(H,23,24). The van der Waals surface area contributed by atoms with Crippen molar-refractivity contribution in [2.45, 2.75) is 44.4 Å².